The molecule has 0 saturated heterocycles. The van der Waals surface area contributed by atoms with Crippen LogP contribution in [0.1, 0.15) is 12.5 Å². The predicted molar refractivity (Wildman–Crippen MR) is 52.7 cm³/mol. The van der Waals surface area contributed by atoms with E-state index < -0.39 is 12.3 Å². The van der Waals surface area contributed by atoms with Gasteiger partial charge in [0, 0.05) is 0 Å². The number of aliphatic hydroxyl groups excluding tert-OH is 1. The van der Waals surface area contributed by atoms with E-state index in [0.29, 0.717) is 6.61 Å². The zero-order valence-corrected chi connectivity index (χ0v) is 8.19. The normalized spacial score (nSPS) is 15.1. The number of benzene rings is 1. The number of rotatable bonds is 5. The van der Waals surface area contributed by atoms with Gasteiger partial charge in [0.1, 0.15) is 6.17 Å². The minimum Gasteiger partial charge on any atom is -0.390 e. The first-order valence-corrected chi connectivity index (χ1v) is 4.64. The summed E-state index contributed by atoms with van der Waals surface area (Å²) in [5, 5.41) is 8.86. The molecule has 0 fully saturated rings. The van der Waals surface area contributed by atoms with Gasteiger partial charge in [-0.25, -0.2) is 4.39 Å². The molecule has 1 N–H and O–H groups in total. The maximum atomic E-state index is 12.9. The van der Waals surface area contributed by atoms with Crippen LogP contribution in [-0.4, -0.2) is 24.0 Å². The smallest absolute Gasteiger partial charge is 0.149 e. The van der Waals surface area contributed by atoms with Crippen molar-refractivity contribution in [2.45, 2.75) is 25.8 Å². The molecule has 2 nitrogen and oxygen atoms in total. The highest BCUT2D eigenvalue weighted by molar-refractivity contribution is 5.13. The van der Waals surface area contributed by atoms with Crippen LogP contribution in [0.15, 0.2) is 30.3 Å². The van der Waals surface area contributed by atoms with E-state index in [-0.39, 0.29) is 6.61 Å². The monoisotopic (exact) mass is 198 g/mol. The molecule has 1 aromatic rings. The Balaban J connectivity index is 2.22. The van der Waals surface area contributed by atoms with E-state index in [4.69, 9.17) is 9.84 Å². The van der Waals surface area contributed by atoms with Crippen LogP contribution in [0.5, 0.6) is 0 Å². The number of alkyl halides is 1. The van der Waals surface area contributed by atoms with Crippen molar-refractivity contribution in [1.29, 1.82) is 0 Å². The molecule has 0 bridgehead atoms. The first kappa shape index (κ1) is 11.1. The largest absolute Gasteiger partial charge is 0.390 e. The third kappa shape index (κ3) is 3.85. The molecule has 0 radical (unpaired) electrons. The van der Waals surface area contributed by atoms with Gasteiger partial charge in [-0.3, -0.25) is 0 Å². The van der Waals surface area contributed by atoms with Crippen LogP contribution in [0, 0.1) is 0 Å². The fraction of sp³-hybridized carbons (Fsp3) is 0.455. The number of halogens is 1. The van der Waals surface area contributed by atoms with Crippen LogP contribution in [0.2, 0.25) is 0 Å². The SMILES string of the molecule is C[C@@H](O)[C@@H](F)COCc1ccccc1. The quantitative estimate of drug-likeness (QED) is 0.783. The van der Waals surface area contributed by atoms with E-state index in [0.717, 1.165) is 5.56 Å². The number of aliphatic hydroxyl groups is 1. The Kier molecular flexibility index (Phi) is 4.56. The fourth-order valence-electron chi connectivity index (χ4n) is 1.00. The molecule has 14 heavy (non-hydrogen) atoms. The average Bonchev–Trinajstić information content (AvgIpc) is 2.19. The minimum atomic E-state index is -1.31. The Morgan fingerprint density at radius 3 is 2.57 bits per heavy atom. The van der Waals surface area contributed by atoms with Crippen LogP contribution in [0.3, 0.4) is 0 Å². The van der Waals surface area contributed by atoms with Gasteiger partial charge in [0.15, 0.2) is 0 Å². The molecule has 0 heterocycles. The van der Waals surface area contributed by atoms with E-state index in [9.17, 15) is 4.39 Å². The molecule has 0 unspecified atom stereocenters. The lowest BCUT2D eigenvalue weighted by Crippen LogP contribution is -2.23. The summed E-state index contributed by atoms with van der Waals surface area (Å²) >= 11 is 0. The van der Waals surface area contributed by atoms with Crippen LogP contribution >= 0.6 is 0 Å². The van der Waals surface area contributed by atoms with Gasteiger partial charge in [0.05, 0.1) is 19.3 Å². The summed E-state index contributed by atoms with van der Waals surface area (Å²) < 4.78 is 18.0. The number of ether oxygens (including phenoxy) is 1. The van der Waals surface area contributed by atoms with E-state index >= 15 is 0 Å². The summed E-state index contributed by atoms with van der Waals surface area (Å²) in [6.45, 7) is 1.73. The Morgan fingerprint density at radius 2 is 2.00 bits per heavy atom. The zero-order valence-electron chi connectivity index (χ0n) is 8.19. The number of hydrogen-bond acceptors (Lipinski definition) is 2. The van der Waals surface area contributed by atoms with Gasteiger partial charge >= 0.3 is 0 Å². The Labute approximate surface area is 83.3 Å². The summed E-state index contributed by atoms with van der Waals surface area (Å²) in [5.41, 5.74) is 1.00. The van der Waals surface area contributed by atoms with Gasteiger partial charge in [-0.1, -0.05) is 30.3 Å². The lowest BCUT2D eigenvalue weighted by atomic mass is 10.2. The maximum absolute atomic E-state index is 12.9. The van der Waals surface area contributed by atoms with Crippen molar-refractivity contribution < 1.29 is 14.2 Å². The van der Waals surface area contributed by atoms with Crippen molar-refractivity contribution in [2.75, 3.05) is 6.61 Å². The van der Waals surface area contributed by atoms with E-state index in [2.05, 4.69) is 0 Å². The minimum absolute atomic E-state index is 0.0629. The first-order valence-electron chi connectivity index (χ1n) is 4.64. The average molecular weight is 198 g/mol. The Bertz CT molecular complexity index is 249. The first-order chi connectivity index (χ1) is 6.70. The van der Waals surface area contributed by atoms with E-state index in [1.54, 1.807) is 0 Å². The molecule has 0 aliphatic heterocycles. The van der Waals surface area contributed by atoms with E-state index in [1.165, 1.54) is 6.92 Å². The lowest BCUT2D eigenvalue weighted by molar-refractivity contribution is 0.00929. The molecule has 0 aromatic heterocycles. The molecule has 0 saturated carbocycles. The van der Waals surface area contributed by atoms with Gasteiger partial charge in [-0.2, -0.15) is 0 Å². The molecule has 0 spiro atoms. The van der Waals surface area contributed by atoms with Gasteiger partial charge < -0.3 is 9.84 Å². The van der Waals surface area contributed by atoms with Crippen LogP contribution in [-0.2, 0) is 11.3 Å². The molecule has 2 atom stereocenters. The van der Waals surface area contributed by atoms with Gasteiger partial charge in [0.25, 0.3) is 0 Å². The lowest BCUT2D eigenvalue weighted by Gasteiger charge is -2.11. The van der Waals surface area contributed by atoms with Crippen molar-refractivity contribution >= 4 is 0 Å². The third-order valence-electron chi connectivity index (χ3n) is 1.91. The van der Waals surface area contributed by atoms with Crippen LogP contribution in [0.4, 0.5) is 4.39 Å². The van der Waals surface area contributed by atoms with Gasteiger partial charge in [0.2, 0.25) is 0 Å². The van der Waals surface area contributed by atoms with E-state index in [1.807, 2.05) is 30.3 Å². The fourth-order valence-corrected chi connectivity index (χ4v) is 1.00. The molecular formula is C11H15FO2. The molecule has 1 rings (SSSR count). The predicted octanol–water partition coefficient (Wildman–Crippen LogP) is 1.92. The third-order valence-corrected chi connectivity index (χ3v) is 1.91. The summed E-state index contributed by atoms with van der Waals surface area (Å²) in [7, 11) is 0. The molecule has 78 valence electrons. The van der Waals surface area contributed by atoms with Crippen molar-refractivity contribution in [3.8, 4) is 0 Å². The van der Waals surface area contributed by atoms with Crippen molar-refractivity contribution in [3.63, 3.8) is 0 Å². The molecule has 0 amide bonds. The highest BCUT2D eigenvalue weighted by Gasteiger charge is 2.12. The maximum Gasteiger partial charge on any atom is 0.149 e. The molecule has 0 aliphatic carbocycles. The topological polar surface area (TPSA) is 29.5 Å². The second-order valence-corrected chi connectivity index (χ2v) is 3.26. The zero-order chi connectivity index (χ0) is 10.4. The van der Waals surface area contributed by atoms with Crippen LogP contribution in [0.25, 0.3) is 0 Å². The van der Waals surface area contributed by atoms with Gasteiger partial charge in [-0.05, 0) is 12.5 Å². The number of hydrogen-bond donors (Lipinski definition) is 1. The molecule has 1 aromatic carbocycles. The second kappa shape index (κ2) is 5.73. The highest BCUT2D eigenvalue weighted by Crippen LogP contribution is 2.04. The van der Waals surface area contributed by atoms with Gasteiger partial charge in [-0.15, -0.1) is 0 Å². The second-order valence-electron chi connectivity index (χ2n) is 3.26. The summed E-state index contributed by atoms with van der Waals surface area (Å²) in [5.74, 6) is 0. The summed E-state index contributed by atoms with van der Waals surface area (Å²) in [4.78, 5) is 0. The summed E-state index contributed by atoms with van der Waals surface area (Å²) in [6, 6.07) is 9.54. The van der Waals surface area contributed by atoms with Crippen molar-refractivity contribution in [1.82, 2.24) is 0 Å². The Morgan fingerprint density at radius 1 is 1.36 bits per heavy atom. The molecular weight excluding hydrogens is 183 g/mol. The molecule has 0 aliphatic rings. The van der Waals surface area contributed by atoms with Crippen LogP contribution < -0.4 is 0 Å². The van der Waals surface area contributed by atoms with Crippen molar-refractivity contribution in [3.05, 3.63) is 35.9 Å². The Hall–Kier alpha value is -0.930. The standard InChI is InChI=1S/C11H15FO2/c1-9(13)11(12)8-14-7-10-5-3-2-4-6-10/h2-6,9,11,13H,7-8H2,1H3/t9-,11+/m1/s1. The summed E-state index contributed by atoms with van der Waals surface area (Å²) in [6.07, 6.45) is -2.27. The highest BCUT2D eigenvalue weighted by atomic mass is 19.1. The van der Waals surface area contributed by atoms with Crippen molar-refractivity contribution in [2.24, 2.45) is 0 Å². The molecule has 3 heteroatoms.